The summed E-state index contributed by atoms with van der Waals surface area (Å²) in [6.45, 7) is 4.12. The molecular formula is C28H30FN3O6. The maximum atomic E-state index is 14.5. The lowest BCUT2D eigenvalue weighted by Crippen LogP contribution is -2.43. The first-order chi connectivity index (χ1) is 18.5. The molecule has 2 aromatic carbocycles. The molecule has 1 saturated heterocycles. The van der Waals surface area contributed by atoms with E-state index in [-0.39, 0.29) is 42.6 Å². The number of aromatic nitrogens is 1. The second-order valence-corrected chi connectivity index (χ2v) is 9.39. The summed E-state index contributed by atoms with van der Waals surface area (Å²) in [5.74, 6) is 0.491. The lowest BCUT2D eigenvalue weighted by Gasteiger charge is -2.30. The van der Waals surface area contributed by atoms with E-state index >= 15 is 0 Å². The number of hydrogen-bond donors (Lipinski definition) is 0. The first-order valence-corrected chi connectivity index (χ1v) is 12.7. The van der Waals surface area contributed by atoms with Crippen molar-refractivity contribution in [2.24, 2.45) is 5.92 Å². The molecule has 5 rings (SSSR count). The molecule has 200 valence electrons. The van der Waals surface area contributed by atoms with Crippen molar-refractivity contribution in [2.45, 2.75) is 39.4 Å². The third kappa shape index (κ3) is 5.96. The van der Waals surface area contributed by atoms with Gasteiger partial charge in [-0.3, -0.25) is 14.5 Å². The van der Waals surface area contributed by atoms with Crippen LogP contribution in [0.4, 0.5) is 4.39 Å². The monoisotopic (exact) mass is 523 g/mol. The van der Waals surface area contributed by atoms with E-state index in [1.54, 1.807) is 30.0 Å². The molecular weight excluding hydrogens is 493 g/mol. The molecule has 1 amide bonds. The lowest BCUT2D eigenvalue weighted by atomic mass is 9.98. The van der Waals surface area contributed by atoms with Gasteiger partial charge >= 0.3 is 5.97 Å². The van der Waals surface area contributed by atoms with Gasteiger partial charge in [0.15, 0.2) is 17.2 Å². The molecule has 0 unspecified atom stereocenters. The summed E-state index contributed by atoms with van der Waals surface area (Å²) >= 11 is 0. The van der Waals surface area contributed by atoms with Gasteiger partial charge in [0.2, 0.25) is 12.7 Å². The standard InChI is InChI=1S/C28H30FN3O6/c1-2-35-28(34)21-7-5-11-32(15-21)27(33)23-17-36-26(30-23)16-31(14-20-6-3-4-8-22(20)29)13-19-9-10-24-25(12-19)38-18-37-24/h3-4,6,8-10,12,17,21H,2,5,7,11,13-16,18H2,1H3/t21-/m0/s1. The zero-order valence-corrected chi connectivity index (χ0v) is 21.2. The van der Waals surface area contributed by atoms with Crippen LogP contribution in [0.5, 0.6) is 11.5 Å². The normalized spacial score (nSPS) is 16.6. The van der Waals surface area contributed by atoms with Gasteiger partial charge in [-0.25, -0.2) is 9.37 Å². The largest absolute Gasteiger partial charge is 0.466 e. The van der Waals surface area contributed by atoms with Crippen LogP contribution >= 0.6 is 0 Å². The predicted molar refractivity (Wildman–Crippen MR) is 134 cm³/mol. The second-order valence-electron chi connectivity index (χ2n) is 9.39. The average molecular weight is 524 g/mol. The van der Waals surface area contributed by atoms with Crippen LogP contribution in [0.15, 0.2) is 53.1 Å². The fraction of sp³-hybridized carbons (Fsp3) is 0.393. The molecule has 0 N–H and O–H groups in total. The number of amides is 1. The molecule has 1 fully saturated rings. The number of piperidine rings is 1. The van der Waals surface area contributed by atoms with Crippen molar-refractivity contribution in [3.63, 3.8) is 0 Å². The number of ether oxygens (including phenoxy) is 3. The van der Waals surface area contributed by atoms with Crippen molar-refractivity contribution in [1.82, 2.24) is 14.8 Å². The van der Waals surface area contributed by atoms with Gasteiger partial charge in [-0.2, -0.15) is 0 Å². The van der Waals surface area contributed by atoms with Crippen molar-refractivity contribution < 1.29 is 32.6 Å². The van der Waals surface area contributed by atoms with E-state index in [0.717, 1.165) is 5.56 Å². The number of oxazole rings is 1. The van der Waals surface area contributed by atoms with Crippen LogP contribution in [-0.2, 0) is 29.2 Å². The third-order valence-corrected chi connectivity index (χ3v) is 6.65. The van der Waals surface area contributed by atoms with Gasteiger partial charge in [0, 0.05) is 31.7 Å². The minimum Gasteiger partial charge on any atom is -0.466 e. The third-order valence-electron chi connectivity index (χ3n) is 6.65. The molecule has 38 heavy (non-hydrogen) atoms. The summed E-state index contributed by atoms with van der Waals surface area (Å²) in [5.41, 5.74) is 1.67. The smallest absolute Gasteiger partial charge is 0.310 e. The average Bonchev–Trinajstić information content (AvgIpc) is 3.59. The maximum Gasteiger partial charge on any atom is 0.310 e. The van der Waals surface area contributed by atoms with Crippen molar-refractivity contribution in [3.05, 3.63) is 77.3 Å². The van der Waals surface area contributed by atoms with Crippen molar-refractivity contribution >= 4 is 11.9 Å². The van der Waals surface area contributed by atoms with Crippen LogP contribution in [0.2, 0.25) is 0 Å². The Morgan fingerprint density at radius 1 is 1.13 bits per heavy atom. The minimum absolute atomic E-state index is 0.179. The number of fused-ring (bicyclic) bond motifs is 1. The zero-order valence-electron chi connectivity index (χ0n) is 21.2. The molecule has 0 radical (unpaired) electrons. The highest BCUT2D eigenvalue weighted by Gasteiger charge is 2.31. The topological polar surface area (TPSA) is 94.3 Å². The Bertz CT molecular complexity index is 1300. The number of carbonyl (C=O) groups is 2. The van der Waals surface area contributed by atoms with E-state index in [2.05, 4.69) is 4.98 Å². The molecule has 10 heteroatoms. The van der Waals surface area contributed by atoms with E-state index in [4.69, 9.17) is 18.6 Å². The van der Waals surface area contributed by atoms with Crippen molar-refractivity contribution in [1.29, 1.82) is 0 Å². The summed E-state index contributed by atoms with van der Waals surface area (Å²) in [5, 5.41) is 0. The quantitative estimate of drug-likeness (QED) is 0.386. The minimum atomic E-state index is -0.336. The van der Waals surface area contributed by atoms with Crippen LogP contribution in [0.3, 0.4) is 0 Å². The van der Waals surface area contributed by atoms with Crippen LogP contribution in [0.25, 0.3) is 0 Å². The number of rotatable bonds is 9. The van der Waals surface area contributed by atoms with E-state index in [0.29, 0.717) is 68.6 Å². The Balaban J connectivity index is 1.29. The van der Waals surface area contributed by atoms with Crippen molar-refractivity contribution in [2.75, 3.05) is 26.5 Å². The molecule has 9 nitrogen and oxygen atoms in total. The van der Waals surface area contributed by atoms with E-state index in [9.17, 15) is 14.0 Å². The molecule has 0 spiro atoms. The highest BCUT2D eigenvalue weighted by Crippen LogP contribution is 2.33. The summed E-state index contributed by atoms with van der Waals surface area (Å²) in [6.07, 6.45) is 2.75. The van der Waals surface area contributed by atoms with Crippen LogP contribution in [-0.4, -0.2) is 53.1 Å². The van der Waals surface area contributed by atoms with E-state index < -0.39 is 0 Å². The Morgan fingerprint density at radius 3 is 2.82 bits per heavy atom. The molecule has 3 heterocycles. The molecule has 0 aliphatic carbocycles. The maximum absolute atomic E-state index is 14.5. The molecule has 1 atom stereocenters. The molecule has 3 aromatic rings. The van der Waals surface area contributed by atoms with Crippen LogP contribution < -0.4 is 9.47 Å². The van der Waals surface area contributed by atoms with Gasteiger partial charge in [-0.1, -0.05) is 24.3 Å². The Kier molecular flexibility index (Phi) is 7.88. The SMILES string of the molecule is CCOC(=O)[C@H]1CCCN(C(=O)c2coc(CN(Cc3ccc4c(c3)OCO4)Cc3ccccc3F)n2)C1. The van der Waals surface area contributed by atoms with Gasteiger partial charge in [0.1, 0.15) is 12.1 Å². The number of hydrogen-bond acceptors (Lipinski definition) is 8. The molecule has 0 saturated carbocycles. The Labute approximate surface area is 220 Å². The number of carbonyl (C=O) groups excluding carboxylic acids is 2. The van der Waals surface area contributed by atoms with Crippen LogP contribution in [0.1, 0.15) is 47.3 Å². The van der Waals surface area contributed by atoms with Gasteiger partial charge in [0.05, 0.1) is 19.1 Å². The first-order valence-electron chi connectivity index (χ1n) is 12.7. The number of nitrogens with zero attached hydrogens (tertiary/aromatic N) is 3. The van der Waals surface area contributed by atoms with Gasteiger partial charge in [-0.15, -0.1) is 0 Å². The summed E-state index contributed by atoms with van der Waals surface area (Å²) < 4.78 is 36.2. The fourth-order valence-corrected chi connectivity index (χ4v) is 4.78. The van der Waals surface area contributed by atoms with E-state index in [1.807, 2.05) is 23.1 Å². The van der Waals surface area contributed by atoms with Gasteiger partial charge in [-0.05, 0) is 43.5 Å². The van der Waals surface area contributed by atoms with Gasteiger partial charge < -0.3 is 23.5 Å². The predicted octanol–water partition coefficient (Wildman–Crippen LogP) is 4.16. The number of halogens is 1. The van der Waals surface area contributed by atoms with Crippen LogP contribution in [0, 0.1) is 11.7 Å². The number of likely N-dealkylation sites (tertiary alicyclic amines) is 1. The summed E-state index contributed by atoms with van der Waals surface area (Å²) in [6, 6.07) is 12.3. The highest BCUT2D eigenvalue weighted by molar-refractivity contribution is 5.92. The Hall–Kier alpha value is -3.92. The molecule has 2 aliphatic rings. The first kappa shape index (κ1) is 25.7. The van der Waals surface area contributed by atoms with E-state index in [1.165, 1.54) is 12.3 Å². The fourth-order valence-electron chi connectivity index (χ4n) is 4.78. The lowest BCUT2D eigenvalue weighted by molar-refractivity contribution is -0.149. The number of benzene rings is 2. The summed E-state index contributed by atoms with van der Waals surface area (Å²) in [7, 11) is 0. The molecule has 2 aliphatic heterocycles. The molecule has 0 bridgehead atoms. The highest BCUT2D eigenvalue weighted by atomic mass is 19.1. The summed E-state index contributed by atoms with van der Waals surface area (Å²) in [4.78, 5) is 33.3. The zero-order chi connectivity index (χ0) is 26.5. The van der Waals surface area contributed by atoms with Gasteiger partial charge in [0.25, 0.3) is 5.91 Å². The second kappa shape index (κ2) is 11.6. The Morgan fingerprint density at radius 2 is 1.97 bits per heavy atom. The van der Waals surface area contributed by atoms with Crippen molar-refractivity contribution in [3.8, 4) is 11.5 Å². The molecule has 1 aromatic heterocycles. The number of esters is 1.